The Morgan fingerprint density at radius 1 is 1.42 bits per heavy atom. The summed E-state index contributed by atoms with van der Waals surface area (Å²) in [5.41, 5.74) is 0.821. The Morgan fingerprint density at radius 3 is 2.95 bits per heavy atom. The second kappa shape index (κ2) is 6.82. The summed E-state index contributed by atoms with van der Waals surface area (Å²) in [4.78, 5) is 18.4. The van der Waals surface area contributed by atoms with Crippen molar-refractivity contribution in [3.8, 4) is 9.88 Å². The minimum absolute atomic E-state index is 0.00825. The summed E-state index contributed by atoms with van der Waals surface area (Å²) in [6, 6.07) is 4.03. The average molecular weight is 294 g/mol. The van der Waals surface area contributed by atoms with Crippen LogP contribution in [0.15, 0.2) is 17.5 Å². The van der Waals surface area contributed by atoms with Crippen LogP contribution in [0.5, 0.6) is 0 Å². The van der Waals surface area contributed by atoms with E-state index in [-0.39, 0.29) is 5.91 Å². The molecular weight excluding hydrogens is 276 g/mol. The first-order chi connectivity index (χ1) is 9.22. The molecule has 0 saturated heterocycles. The van der Waals surface area contributed by atoms with Crippen molar-refractivity contribution in [3.05, 3.63) is 28.1 Å². The molecule has 0 aliphatic rings. The van der Waals surface area contributed by atoms with Crippen molar-refractivity contribution in [2.45, 2.75) is 33.1 Å². The number of nitrogens with zero attached hydrogens (tertiary/aromatic N) is 1. The number of nitrogens with one attached hydrogen (secondary N) is 1. The highest BCUT2D eigenvalue weighted by Gasteiger charge is 2.16. The van der Waals surface area contributed by atoms with E-state index in [0.717, 1.165) is 46.3 Å². The maximum absolute atomic E-state index is 12.1. The van der Waals surface area contributed by atoms with Crippen LogP contribution >= 0.6 is 22.7 Å². The molecule has 0 spiro atoms. The van der Waals surface area contributed by atoms with Crippen LogP contribution in [0.3, 0.4) is 0 Å². The van der Waals surface area contributed by atoms with Gasteiger partial charge in [-0.05, 0) is 24.8 Å². The summed E-state index contributed by atoms with van der Waals surface area (Å²) in [6.45, 7) is 4.80. The number of amides is 1. The molecule has 2 heterocycles. The van der Waals surface area contributed by atoms with Crippen LogP contribution in [0.25, 0.3) is 9.88 Å². The van der Waals surface area contributed by atoms with E-state index < -0.39 is 0 Å². The van der Waals surface area contributed by atoms with Gasteiger partial charge in [-0.1, -0.05) is 25.8 Å². The second-order valence-corrected chi connectivity index (χ2v) is 6.32. The minimum atomic E-state index is 0.00825. The number of thiazole rings is 1. The fraction of sp³-hybridized carbons (Fsp3) is 0.429. The zero-order valence-corrected chi connectivity index (χ0v) is 12.9. The maximum atomic E-state index is 12.1. The quantitative estimate of drug-likeness (QED) is 0.815. The van der Waals surface area contributed by atoms with Crippen molar-refractivity contribution >= 4 is 28.6 Å². The third kappa shape index (κ3) is 3.64. The highest BCUT2D eigenvalue weighted by molar-refractivity contribution is 7.22. The predicted octanol–water partition coefficient (Wildman–Crippen LogP) is 4.10. The summed E-state index contributed by atoms with van der Waals surface area (Å²) in [7, 11) is 0. The first-order valence-corrected chi connectivity index (χ1v) is 8.21. The normalized spacial score (nSPS) is 10.6. The van der Waals surface area contributed by atoms with Gasteiger partial charge in [0.1, 0.15) is 9.88 Å². The Bertz CT molecular complexity index is 532. The number of thiophene rings is 1. The van der Waals surface area contributed by atoms with E-state index in [4.69, 9.17) is 0 Å². The van der Waals surface area contributed by atoms with Gasteiger partial charge >= 0.3 is 0 Å². The molecule has 0 fully saturated rings. The molecule has 2 aromatic heterocycles. The summed E-state index contributed by atoms with van der Waals surface area (Å²) >= 11 is 3.13. The Morgan fingerprint density at radius 2 is 2.26 bits per heavy atom. The van der Waals surface area contributed by atoms with Crippen molar-refractivity contribution in [2.24, 2.45) is 0 Å². The molecule has 19 heavy (non-hydrogen) atoms. The van der Waals surface area contributed by atoms with E-state index in [1.54, 1.807) is 11.3 Å². The minimum Gasteiger partial charge on any atom is -0.351 e. The largest absolute Gasteiger partial charge is 0.351 e. The molecule has 1 amide bonds. The van der Waals surface area contributed by atoms with Gasteiger partial charge in [0.05, 0.1) is 10.6 Å². The van der Waals surface area contributed by atoms with E-state index in [9.17, 15) is 4.79 Å². The Hall–Kier alpha value is -1.20. The molecule has 0 unspecified atom stereocenters. The molecule has 0 aliphatic heterocycles. The lowest BCUT2D eigenvalue weighted by atomic mass is 10.2. The SMILES string of the molecule is CCCCCNC(=O)c1sc(-c2cccs2)nc1C. The van der Waals surface area contributed by atoms with Crippen molar-refractivity contribution in [2.75, 3.05) is 6.54 Å². The number of aromatic nitrogens is 1. The van der Waals surface area contributed by atoms with Crippen molar-refractivity contribution in [1.29, 1.82) is 0 Å². The number of aryl methyl sites for hydroxylation is 1. The fourth-order valence-electron chi connectivity index (χ4n) is 1.77. The Balaban J connectivity index is 2.02. The number of hydrogen-bond acceptors (Lipinski definition) is 4. The summed E-state index contributed by atoms with van der Waals surface area (Å²) in [6.07, 6.45) is 3.36. The zero-order chi connectivity index (χ0) is 13.7. The first kappa shape index (κ1) is 14.2. The van der Waals surface area contributed by atoms with Gasteiger partial charge in [-0.15, -0.1) is 22.7 Å². The third-order valence-corrected chi connectivity index (χ3v) is 5.00. The van der Waals surface area contributed by atoms with Crippen LogP contribution in [-0.2, 0) is 0 Å². The topological polar surface area (TPSA) is 42.0 Å². The molecule has 5 heteroatoms. The lowest BCUT2D eigenvalue weighted by Crippen LogP contribution is -2.24. The van der Waals surface area contributed by atoms with Gasteiger partial charge in [-0.3, -0.25) is 4.79 Å². The van der Waals surface area contributed by atoms with Gasteiger partial charge in [0.2, 0.25) is 0 Å². The summed E-state index contributed by atoms with van der Waals surface area (Å²) in [5.74, 6) is 0.00825. The molecule has 0 aliphatic carbocycles. The molecule has 0 aromatic carbocycles. The molecular formula is C14H18N2OS2. The van der Waals surface area contributed by atoms with Crippen LogP contribution < -0.4 is 5.32 Å². The van der Waals surface area contributed by atoms with Crippen LogP contribution in [0.4, 0.5) is 0 Å². The molecule has 0 saturated carbocycles. The van der Waals surface area contributed by atoms with E-state index in [1.807, 2.05) is 24.4 Å². The average Bonchev–Trinajstić information content (AvgIpc) is 3.03. The van der Waals surface area contributed by atoms with Gasteiger partial charge in [-0.2, -0.15) is 0 Å². The van der Waals surface area contributed by atoms with E-state index in [0.29, 0.717) is 0 Å². The first-order valence-electron chi connectivity index (χ1n) is 6.52. The van der Waals surface area contributed by atoms with Crippen molar-refractivity contribution in [1.82, 2.24) is 10.3 Å². The summed E-state index contributed by atoms with van der Waals surface area (Å²) in [5, 5.41) is 5.93. The monoisotopic (exact) mass is 294 g/mol. The predicted molar refractivity (Wildman–Crippen MR) is 82.0 cm³/mol. The lowest BCUT2D eigenvalue weighted by Gasteiger charge is -2.02. The molecule has 3 nitrogen and oxygen atoms in total. The van der Waals surface area contributed by atoms with Crippen molar-refractivity contribution in [3.63, 3.8) is 0 Å². The van der Waals surface area contributed by atoms with Gasteiger partial charge in [0, 0.05) is 6.54 Å². The zero-order valence-electron chi connectivity index (χ0n) is 11.2. The molecule has 2 rings (SSSR count). The van der Waals surface area contributed by atoms with Crippen LogP contribution in [0, 0.1) is 6.92 Å². The Labute approximate surface area is 121 Å². The third-order valence-electron chi connectivity index (χ3n) is 2.80. The molecule has 1 N–H and O–H groups in total. The molecule has 102 valence electrons. The van der Waals surface area contributed by atoms with Crippen molar-refractivity contribution < 1.29 is 4.79 Å². The van der Waals surface area contributed by atoms with Gasteiger partial charge in [0.25, 0.3) is 5.91 Å². The Kier molecular flexibility index (Phi) is 5.10. The van der Waals surface area contributed by atoms with Crippen LogP contribution in [-0.4, -0.2) is 17.4 Å². The number of carbonyl (C=O) groups is 1. The summed E-state index contributed by atoms with van der Waals surface area (Å²) < 4.78 is 0. The molecule has 2 aromatic rings. The second-order valence-electron chi connectivity index (χ2n) is 4.37. The van der Waals surface area contributed by atoms with E-state index >= 15 is 0 Å². The number of unbranched alkanes of at least 4 members (excludes halogenated alkanes) is 2. The highest BCUT2D eigenvalue weighted by Crippen LogP contribution is 2.30. The standard InChI is InChI=1S/C14H18N2OS2/c1-3-4-5-8-15-13(17)12-10(2)16-14(19-12)11-7-6-9-18-11/h6-7,9H,3-5,8H2,1-2H3,(H,15,17). The maximum Gasteiger partial charge on any atom is 0.263 e. The van der Waals surface area contributed by atoms with Crippen LogP contribution in [0.2, 0.25) is 0 Å². The number of carbonyl (C=O) groups excluding carboxylic acids is 1. The number of rotatable bonds is 6. The fourth-order valence-corrected chi connectivity index (χ4v) is 3.55. The van der Waals surface area contributed by atoms with Gasteiger partial charge in [0.15, 0.2) is 0 Å². The van der Waals surface area contributed by atoms with E-state index in [1.165, 1.54) is 11.3 Å². The van der Waals surface area contributed by atoms with Gasteiger partial charge in [-0.25, -0.2) is 4.98 Å². The molecule has 0 bridgehead atoms. The molecule has 0 radical (unpaired) electrons. The molecule has 0 atom stereocenters. The number of hydrogen-bond donors (Lipinski definition) is 1. The highest BCUT2D eigenvalue weighted by atomic mass is 32.1. The lowest BCUT2D eigenvalue weighted by molar-refractivity contribution is 0.0956. The van der Waals surface area contributed by atoms with Crippen LogP contribution in [0.1, 0.15) is 41.6 Å². The van der Waals surface area contributed by atoms with E-state index in [2.05, 4.69) is 17.2 Å². The van der Waals surface area contributed by atoms with Gasteiger partial charge < -0.3 is 5.32 Å². The smallest absolute Gasteiger partial charge is 0.263 e.